The molecule has 1 atom stereocenters. The zero-order valence-corrected chi connectivity index (χ0v) is 40.2. The van der Waals surface area contributed by atoms with Crippen LogP contribution >= 0.6 is 0 Å². The lowest BCUT2D eigenvalue weighted by atomic mass is 10.1. The summed E-state index contributed by atoms with van der Waals surface area (Å²) in [5.74, 6) is -1.10. The molecule has 6 nitrogen and oxygen atoms in total. The summed E-state index contributed by atoms with van der Waals surface area (Å²) >= 11 is 0. The Balaban J connectivity index is 4.63. The van der Waals surface area contributed by atoms with E-state index in [0.29, 0.717) is 19.3 Å². The summed E-state index contributed by atoms with van der Waals surface area (Å²) in [4.78, 5) is 37.9. The molecule has 0 heterocycles. The average Bonchev–Trinajstić information content (AvgIpc) is 3.29. The van der Waals surface area contributed by atoms with Crippen molar-refractivity contribution in [3.8, 4) is 0 Å². The van der Waals surface area contributed by atoms with Gasteiger partial charge in [-0.25, -0.2) is 0 Å². The first-order valence-electron chi connectivity index (χ1n) is 24.5. The molecule has 0 saturated carbocycles. The van der Waals surface area contributed by atoms with E-state index in [1.807, 2.05) is 48.6 Å². The maximum atomic E-state index is 12.8. The van der Waals surface area contributed by atoms with Crippen molar-refractivity contribution in [1.82, 2.24) is 0 Å². The zero-order chi connectivity index (χ0) is 46.5. The van der Waals surface area contributed by atoms with Gasteiger partial charge >= 0.3 is 17.9 Å². The van der Waals surface area contributed by atoms with E-state index in [1.54, 1.807) is 0 Å². The van der Waals surface area contributed by atoms with Crippen molar-refractivity contribution in [2.75, 3.05) is 13.2 Å². The highest BCUT2D eigenvalue weighted by Crippen LogP contribution is 2.11. The van der Waals surface area contributed by atoms with Gasteiger partial charge in [0.25, 0.3) is 0 Å². The van der Waals surface area contributed by atoms with Gasteiger partial charge in [-0.3, -0.25) is 14.4 Å². The van der Waals surface area contributed by atoms with Gasteiger partial charge in [-0.05, 0) is 109 Å². The van der Waals surface area contributed by atoms with Gasteiger partial charge in [-0.2, -0.15) is 0 Å². The van der Waals surface area contributed by atoms with Crippen LogP contribution in [0, 0.1) is 0 Å². The van der Waals surface area contributed by atoms with Crippen molar-refractivity contribution in [3.63, 3.8) is 0 Å². The molecule has 0 amide bonds. The van der Waals surface area contributed by atoms with Crippen molar-refractivity contribution in [2.45, 2.75) is 175 Å². The number of rotatable bonds is 41. The van der Waals surface area contributed by atoms with Crippen LogP contribution in [0.25, 0.3) is 0 Å². The van der Waals surface area contributed by atoms with E-state index in [-0.39, 0.29) is 50.4 Å². The Labute approximate surface area is 390 Å². The van der Waals surface area contributed by atoms with E-state index >= 15 is 0 Å². The molecule has 0 radical (unpaired) electrons. The van der Waals surface area contributed by atoms with E-state index in [2.05, 4.69) is 130 Å². The molecule has 0 aliphatic rings. The minimum Gasteiger partial charge on any atom is -0.462 e. The Morgan fingerprint density at radius 1 is 0.328 bits per heavy atom. The number of ether oxygens (including phenoxy) is 3. The summed E-state index contributed by atoms with van der Waals surface area (Å²) in [6, 6.07) is 0. The highest BCUT2D eigenvalue weighted by molar-refractivity contribution is 5.71. The molecule has 0 N–H and O–H groups in total. The third-order valence-electron chi connectivity index (χ3n) is 9.37. The first-order valence-corrected chi connectivity index (χ1v) is 24.5. The van der Waals surface area contributed by atoms with Crippen molar-refractivity contribution in [2.24, 2.45) is 0 Å². The number of hydrogen-bond donors (Lipinski definition) is 0. The van der Waals surface area contributed by atoms with Crippen LogP contribution < -0.4 is 0 Å². The number of hydrogen-bond acceptors (Lipinski definition) is 6. The Bertz CT molecular complexity index is 1520. The van der Waals surface area contributed by atoms with Crippen LogP contribution in [0.2, 0.25) is 0 Å². The standard InChI is InChI=1S/C58H86O6/c1-4-7-10-13-16-19-22-25-27-28-29-30-31-34-36-39-42-45-48-51-57(60)63-54-55(53-62-56(59)50-47-44-41-38-35-32-24-21-18-15-12-9-6-3)64-58(61)52-49-46-43-40-37-33-26-23-20-17-14-11-8-5-2/h7-12,15-21,24-27,29-30,32-36,42,45,55H,4-6,13-14,22-23,28,31,37-41,43-44,46-54H2,1-3H3/b10-7-,11-8-,12-9-,18-15-,19-16-,20-17-,24-21-,27-25-,30-29-,33-26-,35-32-,36-34-,45-42-. The largest absolute Gasteiger partial charge is 0.462 e. The molecule has 0 rings (SSSR count). The molecule has 0 aromatic carbocycles. The lowest BCUT2D eigenvalue weighted by Crippen LogP contribution is -2.30. The minimum atomic E-state index is -0.844. The molecule has 64 heavy (non-hydrogen) atoms. The third-order valence-corrected chi connectivity index (χ3v) is 9.37. The lowest BCUT2D eigenvalue weighted by molar-refractivity contribution is -0.166. The SMILES string of the molecule is CC\C=C/C=C\C=C/C=C\CCCCCC(=O)OCC(COC(=O)CC/C=C\C/C=C\C/C=C\C/C=C\C/C=C\C/C=C\CC)OC(=O)CCCCCC/C=C\C/C=C\C/C=C\CC. The normalized spacial score (nSPS) is 13.5. The first kappa shape index (κ1) is 59.0. The van der Waals surface area contributed by atoms with Gasteiger partial charge < -0.3 is 14.2 Å². The van der Waals surface area contributed by atoms with Gasteiger partial charge in [0.05, 0.1) is 0 Å². The van der Waals surface area contributed by atoms with Crippen molar-refractivity contribution < 1.29 is 28.6 Å². The molecule has 0 aromatic rings. The van der Waals surface area contributed by atoms with E-state index in [0.717, 1.165) is 109 Å². The van der Waals surface area contributed by atoms with Crippen molar-refractivity contribution in [1.29, 1.82) is 0 Å². The summed E-state index contributed by atoms with van der Waals surface area (Å²) in [7, 11) is 0. The Morgan fingerprint density at radius 3 is 1.16 bits per heavy atom. The summed E-state index contributed by atoms with van der Waals surface area (Å²) in [6.45, 7) is 6.11. The molecule has 354 valence electrons. The second-order valence-corrected chi connectivity index (χ2v) is 15.3. The molecule has 0 bridgehead atoms. The van der Waals surface area contributed by atoms with Crippen LogP contribution in [0.3, 0.4) is 0 Å². The van der Waals surface area contributed by atoms with Crippen LogP contribution in [-0.2, 0) is 28.6 Å². The Morgan fingerprint density at radius 2 is 0.672 bits per heavy atom. The van der Waals surface area contributed by atoms with Crippen molar-refractivity contribution >= 4 is 17.9 Å². The molecule has 0 aromatic heterocycles. The molecule has 0 aliphatic carbocycles. The average molecular weight is 879 g/mol. The van der Waals surface area contributed by atoms with Crippen molar-refractivity contribution in [3.05, 3.63) is 158 Å². The van der Waals surface area contributed by atoms with E-state index < -0.39 is 6.10 Å². The smallest absolute Gasteiger partial charge is 0.306 e. The third kappa shape index (κ3) is 48.1. The molecular formula is C58H86O6. The van der Waals surface area contributed by atoms with Crippen LogP contribution in [0.4, 0.5) is 0 Å². The van der Waals surface area contributed by atoms with Gasteiger partial charge in [0.2, 0.25) is 0 Å². The Hall–Kier alpha value is -4.97. The summed E-state index contributed by atoms with van der Waals surface area (Å²) < 4.78 is 16.6. The van der Waals surface area contributed by atoms with Gasteiger partial charge in [0, 0.05) is 19.3 Å². The lowest BCUT2D eigenvalue weighted by Gasteiger charge is -2.18. The minimum absolute atomic E-state index is 0.139. The number of unbranched alkanes of at least 4 members (excludes halogenated alkanes) is 7. The summed E-state index contributed by atoms with van der Waals surface area (Å²) in [5, 5.41) is 0. The summed E-state index contributed by atoms with van der Waals surface area (Å²) in [5.41, 5.74) is 0. The number of allylic oxidation sites excluding steroid dienone is 26. The number of esters is 3. The van der Waals surface area contributed by atoms with Crippen LogP contribution in [-0.4, -0.2) is 37.2 Å². The molecule has 0 spiro atoms. The first-order chi connectivity index (χ1) is 31.5. The number of carbonyl (C=O) groups is 3. The number of carbonyl (C=O) groups excluding carboxylic acids is 3. The predicted octanol–water partition coefficient (Wildman–Crippen LogP) is 16.2. The zero-order valence-electron chi connectivity index (χ0n) is 40.2. The fraction of sp³-hybridized carbons (Fsp3) is 0.500. The fourth-order valence-corrected chi connectivity index (χ4v) is 5.78. The highest BCUT2D eigenvalue weighted by Gasteiger charge is 2.19. The molecule has 0 fully saturated rings. The van der Waals surface area contributed by atoms with E-state index in [1.165, 1.54) is 0 Å². The maximum Gasteiger partial charge on any atom is 0.306 e. The summed E-state index contributed by atoms with van der Waals surface area (Å²) in [6.07, 6.45) is 73.8. The van der Waals surface area contributed by atoms with Gasteiger partial charge in [-0.15, -0.1) is 0 Å². The van der Waals surface area contributed by atoms with Crippen LogP contribution in [0.1, 0.15) is 168 Å². The van der Waals surface area contributed by atoms with Gasteiger partial charge in [0.15, 0.2) is 6.10 Å². The van der Waals surface area contributed by atoms with Gasteiger partial charge in [0.1, 0.15) is 13.2 Å². The second-order valence-electron chi connectivity index (χ2n) is 15.3. The second kappa shape index (κ2) is 50.7. The molecule has 6 heteroatoms. The Kier molecular flexibility index (Phi) is 46.7. The quantitative estimate of drug-likeness (QED) is 0.0200. The van der Waals surface area contributed by atoms with Crippen LogP contribution in [0.5, 0.6) is 0 Å². The van der Waals surface area contributed by atoms with E-state index in [4.69, 9.17) is 14.2 Å². The van der Waals surface area contributed by atoms with Crippen LogP contribution in [0.15, 0.2) is 158 Å². The maximum absolute atomic E-state index is 12.8. The monoisotopic (exact) mass is 879 g/mol. The van der Waals surface area contributed by atoms with E-state index in [9.17, 15) is 14.4 Å². The predicted molar refractivity (Wildman–Crippen MR) is 274 cm³/mol. The molecule has 0 aliphatic heterocycles. The fourth-order valence-electron chi connectivity index (χ4n) is 5.78. The molecule has 1 unspecified atom stereocenters. The molecular weight excluding hydrogens is 793 g/mol. The van der Waals surface area contributed by atoms with Gasteiger partial charge in [-0.1, -0.05) is 198 Å². The topological polar surface area (TPSA) is 78.9 Å². The molecule has 0 saturated heterocycles. The highest BCUT2D eigenvalue weighted by atomic mass is 16.6.